The molecular formula is C10H20O4. The molecular weight excluding hydrogens is 184 g/mol. The van der Waals surface area contributed by atoms with E-state index in [1.165, 1.54) is 0 Å². The minimum absolute atomic E-state index is 0.151. The van der Waals surface area contributed by atoms with Crippen LogP contribution in [0.3, 0.4) is 0 Å². The van der Waals surface area contributed by atoms with Gasteiger partial charge in [0.05, 0.1) is 18.8 Å². The summed E-state index contributed by atoms with van der Waals surface area (Å²) >= 11 is 0. The molecule has 2 unspecified atom stereocenters. The number of aliphatic hydroxyl groups is 3. The zero-order valence-electron chi connectivity index (χ0n) is 8.76. The summed E-state index contributed by atoms with van der Waals surface area (Å²) in [5, 5.41) is 28.3. The molecule has 0 bridgehead atoms. The predicted molar refractivity (Wildman–Crippen MR) is 51.5 cm³/mol. The van der Waals surface area contributed by atoms with E-state index in [0.29, 0.717) is 6.42 Å². The summed E-state index contributed by atoms with van der Waals surface area (Å²) in [6.07, 6.45) is -0.661. The summed E-state index contributed by atoms with van der Waals surface area (Å²) in [5.74, 6) is -0.0116. The summed E-state index contributed by atoms with van der Waals surface area (Å²) in [7, 11) is 0. The number of hydrogen-bond acceptors (Lipinski definition) is 4. The van der Waals surface area contributed by atoms with Crippen molar-refractivity contribution in [3.8, 4) is 0 Å². The van der Waals surface area contributed by atoms with Crippen LogP contribution in [0.4, 0.5) is 0 Å². The summed E-state index contributed by atoms with van der Waals surface area (Å²) in [6, 6.07) is 0. The first-order valence-corrected chi connectivity index (χ1v) is 5.22. The lowest BCUT2D eigenvalue weighted by Crippen LogP contribution is -2.47. The van der Waals surface area contributed by atoms with Crippen LogP contribution in [0.15, 0.2) is 0 Å². The Labute approximate surface area is 84.5 Å². The first kappa shape index (κ1) is 11.9. The summed E-state index contributed by atoms with van der Waals surface area (Å²) in [5.41, 5.74) is 0. The van der Waals surface area contributed by atoms with Crippen LogP contribution >= 0.6 is 0 Å². The molecule has 5 atom stereocenters. The fourth-order valence-corrected chi connectivity index (χ4v) is 2.01. The number of ether oxygens (including phenoxy) is 1. The van der Waals surface area contributed by atoms with E-state index in [0.717, 1.165) is 6.42 Å². The largest absolute Gasteiger partial charge is 0.394 e. The Morgan fingerprint density at radius 1 is 1.43 bits per heavy atom. The number of aliphatic hydroxyl groups excluding tert-OH is 3. The third kappa shape index (κ3) is 2.45. The van der Waals surface area contributed by atoms with Gasteiger partial charge in [-0.3, -0.25) is 0 Å². The molecule has 0 aromatic rings. The van der Waals surface area contributed by atoms with Crippen LogP contribution < -0.4 is 0 Å². The van der Waals surface area contributed by atoms with Gasteiger partial charge in [0.1, 0.15) is 0 Å². The van der Waals surface area contributed by atoms with Crippen molar-refractivity contribution in [1.29, 1.82) is 0 Å². The van der Waals surface area contributed by atoms with Gasteiger partial charge in [0.15, 0.2) is 6.29 Å². The van der Waals surface area contributed by atoms with Gasteiger partial charge in [-0.1, -0.05) is 20.3 Å². The van der Waals surface area contributed by atoms with Crippen LogP contribution in [0.1, 0.15) is 26.7 Å². The monoisotopic (exact) mass is 204 g/mol. The maximum atomic E-state index is 9.79. The van der Waals surface area contributed by atoms with E-state index in [-0.39, 0.29) is 18.4 Å². The second-order valence-electron chi connectivity index (χ2n) is 4.10. The first-order chi connectivity index (χ1) is 6.60. The maximum absolute atomic E-state index is 9.79. The second-order valence-corrected chi connectivity index (χ2v) is 4.10. The summed E-state index contributed by atoms with van der Waals surface area (Å²) in [6.45, 7) is 3.85. The van der Waals surface area contributed by atoms with Gasteiger partial charge in [-0.2, -0.15) is 0 Å². The van der Waals surface area contributed by atoms with Crippen molar-refractivity contribution < 1.29 is 20.1 Å². The van der Waals surface area contributed by atoms with Crippen molar-refractivity contribution in [3.63, 3.8) is 0 Å². The van der Waals surface area contributed by atoms with Gasteiger partial charge in [-0.25, -0.2) is 0 Å². The molecule has 0 aromatic carbocycles. The molecule has 14 heavy (non-hydrogen) atoms. The minimum Gasteiger partial charge on any atom is -0.394 e. The van der Waals surface area contributed by atoms with Gasteiger partial charge < -0.3 is 20.1 Å². The van der Waals surface area contributed by atoms with Gasteiger partial charge in [-0.05, 0) is 5.92 Å². The zero-order valence-corrected chi connectivity index (χ0v) is 8.76. The van der Waals surface area contributed by atoms with Crippen LogP contribution in [-0.2, 0) is 4.74 Å². The molecule has 0 aromatic heterocycles. The zero-order chi connectivity index (χ0) is 10.7. The van der Waals surface area contributed by atoms with Crippen LogP contribution in [0.2, 0.25) is 0 Å². The van der Waals surface area contributed by atoms with Crippen molar-refractivity contribution >= 4 is 0 Å². The van der Waals surface area contributed by atoms with Crippen LogP contribution in [0.5, 0.6) is 0 Å². The van der Waals surface area contributed by atoms with Crippen molar-refractivity contribution in [2.45, 2.75) is 45.2 Å². The molecule has 3 N–H and O–H groups in total. The lowest BCUT2D eigenvalue weighted by atomic mass is 9.82. The molecule has 0 amide bonds. The third-order valence-electron chi connectivity index (χ3n) is 3.11. The SMILES string of the molecule is CCC(C)[C@H]1C(O)O[C@H](CO)C[C@@H]1O. The molecule has 1 aliphatic rings. The third-order valence-corrected chi connectivity index (χ3v) is 3.11. The predicted octanol–water partition coefficient (Wildman–Crippen LogP) is 0.109. The molecule has 0 spiro atoms. The van der Waals surface area contributed by atoms with E-state index in [1.807, 2.05) is 13.8 Å². The lowest BCUT2D eigenvalue weighted by Gasteiger charge is -2.39. The Balaban J connectivity index is 2.60. The molecule has 0 aliphatic carbocycles. The lowest BCUT2D eigenvalue weighted by molar-refractivity contribution is -0.241. The topological polar surface area (TPSA) is 69.9 Å². The highest BCUT2D eigenvalue weighted by Gasteiger charge is 2.38. The Morgan fingerprint density at radius 3 is 2.50 bits per heavy atom. The normalized spacial score (nSPS) is 40.9. The Kier molecular flexibility index (Phi) is 4.31. The Hall–Kier alpha value is -0.160. The Bertz CT molecular complexity index is 162. The van der Waals surface area contributed by atoms with Crippen LogP contribution in [0.25, 0.3) is 0 Å². The molecule has 4 nitrogen and oxygen atoms in total. The molecule has 1 heterocycles. The molecule has 4 heteroatoms. The Morgan fingerprint density at radius 2 is 2.07 bits per heavy atom. The fraction of sp³-hybridized carbons (Fsp3) is 1.00. The molecule has 1 aliphatic heterocycles. The maximum Gasteiger partial charge on any atom is 0.160 e. The summed E-state index contributed by atoms with van der Waals surface area (Å²) < 4.78 is 5.19. The first-order valence-electron chi connectivity index (χ1n) is 5.22. The van der Waals surface area contributed by atoms with E-state index < -0.39 is 18.5 Å². The highest BCUT2D eigenvalue weighted by atomic mass is 16.6. The van der Waals surface area contributed by atoms with Crippen molar-refractivity contribution in [1.82, 2.24) is 0 Å². The van der Waals surface area contributed by atoms with Gasteiger partial charge in [0.25, 0.3) is 0 Å². The average molecular weight is 204 g/mol. The molecule has 1 fully saturated rings. The highest BCUT2D eigenvalue weighted by molar-refractivity contribution is 4.83. The van der Waals surface area contributed by atoms with E-state index in [4.69, 9.17) is 9.84 Å². The molecule has 0 saturated carbocycles. The summed E-state index contributed by atoms with van der Waals surface area (Å²) in [4.78, 5) is 0. The smallest absolute Gasteiger partial charge is 0.160 e. The van der Waals surface area contributed by atoms with Gasteiger partial charge in [0.2, 0.25) is 0 Å². The van der Waals surface area contributed by atoms with Gasteiger partial charge in [0, 0.05) is 12.3 Å². The molecule has 84 valence electrons. The van der Waals surface area contributed by atoms with Crippen molar-refractivity contribution in [2.24, 2.45) is 11.8 Å². The minimum atomic E-state index is -0.953. The van der Waals surface area contributed by atoms with Gasteiger partial charge in [-0.15, -0.1) is 0 Å². The second kappa shape index (κ2) is 5.07. The molecule has 1 saturated heterocycles. The average Bonchev–Trinajstić information content (AvgIpc) is 2.16. The van der Waals surface area contributed by atoms with Crippen molar-refractivity contribution in [3.05, 3.63) is 0 Å². The van der Waals surface area contributed by atoms with Crippen LogP contribution in [-0.4, -0.2) is 40.4 Å². The quantitative estimate of drug-likeness (QED) is 0.610. The standard InChI is InChI=1S/C10H20O4/c1-3-6(2)9-8(12)4-7(5-11)14-10(9)13/h6-13H,3-5H2,1-2H3/t6?,7-,8-,9+,10?/m0/s1. The number of hydrogen-bond donors (Lipinski definition) is 3. The number of rotatable bonds is 3. The van der Waals surface area contributed by atoms with E-state index in [9.17, 15) is 10.2 Å². The van der Waals surface area contributed by atoms with E-state index in [2.05, 4.69) is 0 Å². The van der Waals surface area contributed by atoms with Crippen LogP contribution in [0, 0.1) is 11.8 Å². The van der Waals surface area contributed by atoms with E-state index >= 15 is 0 Å². The molecule has 1 rings (SSSR count). The molecule has 0 radical (unpaired) electrons. The van der Waals surface area contributed by atoms with Gasteiger partial charge >= 0.3 is 0 Å². The van der Waals surface area contributed by atoms with E-state index in [1.54, 1.807) is 0 Å². The van der Waals surface area contributed by atoms with Crippen molar-refractivity contribution in [2.75, 3.05) is 6.61 Å². The fourth-order valence-electron chi connectivity index (χ4n) is 2.01. The highest BCUT2D eigenvalue weighted by Crippen LogP contribution is 2.31.